The number of amides is 1. The highest BCUT2D eigenvalue weighted by atomic mass is 32.2. The van der Waals surface area contributed by atoms with Gasteiger partial charge in [-0.3, -0.25) is 14.6 Å². The Bertz CT molecular complexity index is 1130. The number of nitrogens with zero attached hydrogens (tertiary/aromatic N) is 4. The average molecular weight is 498 g/mol. The Morgan fingerprint density at radius 1 is 0.886 bits per heavy atom. The monoisotopic (exact) mass is 497 g/mol. The predicted octanol–water partition coefficient (Wildman–Crippen LogP) is 1.01. The third kappa shape index (κ3) is 6.87. The molecule has 9 nitrogen and oxygen atoms in total. The van der Waals surface area contributed by atoms with Crippen LogP contribution in [-0.2, 0) is 32.6 Å². The van der Waals surface area contributed by atoms with Gasteiger partial charge in [0.25, 0.3) is 0 Å². The van der Waals surface area contributed by atoms with Crippen molar-refractivity contribution in [3.8, 4) is 6.07 Å². The molecule has 2 aromatic carbocycles. The van der Waals surface area contributed by atoms with Gasteiger partial charge in [-0.1, -0.05) is 24.3 Å². The van der Waals surface area contributed by atoms with Crippen molar-refractivity contribution in [1.82, 2.24) is 19.4 Å². The second-order valence-corrected chi connectivity index (χ2v) is 10.7. The van der Waals surface area contributed by atoms with Crippen LogP contribution in [0.1, 0.15) is 16.7 Å². The van der Waals surface area contributed by atoms with Crippen LogP contribution in [0.25, 0.3) is 0 Å². The van der Waals surface area contributed by atoms with E-state index < -0.39 is 10.0 Å². The van der Waals surface area contributed by atoms with Gasteiger partial charge in [0.15, 0.2) is 0 Å². The molecule has 1 amide bonds. The first-order chi connectivity index (χ1) is 16.9. The van der Waals surface area contributed by atoms with Crippen molar-refractivity contribution in [2.24, 2.45) is 0 Å². The van der Waals surface area contributed by atoms with Crippen LogP contribution in [0.15, 0.2) is 53.4 Å². The maximum absolute atomic E-state index is 12.8. The van der Waals surface area contributed by atoms with Crippen molar-refractivity contribution in [3.63, 3.8) is 0 Å². The van der Waals surface area contributed by atoms with Crippen LogP contribution < -0.4 is 5.32 Å². The summed E-state index contributed by atoms with van der Waals surface area (Å²) in [6.45, 7) is 6.68. The molecule has 35 heavy (non-hydrogen) atoms. The Balaban J connectivity index is 1.19. The lowest BCUT2D eigenvalue weighted by Gasteiger charge is -2.33. The number of hydrogen-bond donors (Lipinski definition) is 1. The number of carbonyl (C=O) groups is 1. The normalized spacial score (nSPS) is 18.1. The molecule has 0 atom stereocenters. The van der Waals surface area contributed by atoms with Crippen LogP contribution in [0.5, 0.6) is 0 Å². The molecule has 0 radical (unpaired) electrons. The zero-order chi connectivity index (χ0) is 24.7. The summed E-state index contributed by atoms with van der Waals surface area (Å²) in [6.07, 6.45) is 0. The number of rotatable bonds is 8. The smallest absolute Gasteiger partial charge is 0.243 e. The SMILES string of the molecule is N#Cc1ccc(S(=O)(=O)N2CCN(CC(=O)NCc3ccc(CN4CCOCC4)cc3)CC2)cc1. The molecule has 10 heteroatoms. The molecular weight excluding hydrogens is 466 g/mol. The summed E-state index contributed by atoms with van der Waals surface area (Å²) in [4.78, 5) is 17.0. The average Bonchev–Trinajstić information content (AvgIpc) is 2.89. The second kappa shape index (κ2) is 11.7. The Morgan fingerprint density at radius 3 is 2.14 bits per heavy atom. The van der Waals surface area contributed by atoms with E-state index in [1.807, 2.05) is 23.1 Å². The quantitative estimate of drug-likeness (QED) is 0.580. The van der Waals surface area contributed by atoms with Gasteiger partial charge in [0, 0.05) is 52.4 Å². The van der Waals surface area contributed by atoms with Crippen LogP contribution in [-0.4, -0.2) is 87.5 Å². The van der Waals surface area contributed by atoms with Gasteiger partial charge in [0.05, 0.1) is 36.3 Å². The van der Waals surface area contributed by atoms with E-state index in [0.717, 1.165) is 38.4 Å². The maximum Gasteiger partial charge on any atom is 0.243 e. The molecule has 2 heterocycles. The molecule has 1 N–H and O–H groups in total. The van der Waals surface area contributed by atoms with Gasteiger partial charge in [-0.25, -0.2) is 8.42 Å². The van der Waals surface area contributed by atoms with E-state index in [9.17, 15) is 13.2 Å². The third-order valence-electron chi connectivity index (χ3n) is 6.34. The third-order valence-corrected chi connectivity index (χ3v) is 8.26. The van der Waals surface area contributed by atoms with E-state index in [0.29, 0.717) is 38.3 Å². The predicted molar refractivity (Wildman–Crippen MR) is 131 cm³/mol. The van der Waals surface area contributed by atoms with Gasteiger partial charge in [-0.15, -0.1) is 0 Å². The number of benzene rings is 2. The van der Waals surface area contributed by atoms with Crippen LogP contribution >= 0.6 is 0 Å². The van der Waals surface area contributed by atoms with E-state index in [1.165, 1.54) is 34.1 Å². The largest absolute Gasteiger partial charge is 0.379 e. The lowest BCUT2D eigenvalue weighted by molar-refractivity contribution is -0.122. The van der Waals surface area contributed by atoms with Crippen molar-refractivity contribution in [2.45, 2.75) is 18.0 Å². The first-order valence-electron chi connectivity index (χ1n) is 11.8. The van der Waals surface area contributed by atoms with E-state index in [1.54, 1.807) is 0 Å². The fourth-order valence-corrected chi connectivity index (χ4v) is 5.64. The lowest BCUT2D eigenvalue weighted by Crippen LogP contribution is -2.50. The summed E-state index contributed by atoms with van der Waals surface area (Å²) in [7, 11) is -3.61. The van der Waals surface area contributed by atoms with Crippen LogP contribution in [0, 0.1) is 11.3 Å². The number of carbonyl (C=O) groups excluding carboxylic acids is 1. The van der Waals surface area contributed by atoms with E-state index >= 15 is 0 Å². The Kier molecular flexibility index (Phi) is 8.49. The minimum atomic E-state index is -3.61. The van der Waals surface area contributed by atoms with Crippen LogP contribution in [0.4, 0.5) is 0 Å². The van der Waals surface area contributed by atoms with Crippen molar-refractivity contribution in [3.05, 3.63) is 65.2 Å². The number of nitriles is 1. The van der Waals surface area contributed by atoms with Gasteiger partial charge < -0.3 is 10.1 Å². The molecule has 2 aliphatic heterocycles. The highest BCUT2D eigenvalue weighted by molar-refractivity contribution is 7.89. The number of ether oxygens (including phenoxy) is 1. The van der Waals surface area contributed by atoms with Crippen molar-refractivity contribution in [2.75, 3.05) is 59.0 Å². The fraction of sp³-hybridized carbons (Fsp3) is 0.440. The second-order valence-electron chi connectivity index (χ2n) is 8.80. The van der Waals surface area contributed by atoms with Gasteiger partial charge in [0.1, 0.15) is 0 Å². The summed E-state index contributed by atoms with van der Waals surface area (Å²) < 4.78 is 32.5. The molecule has 0 bridgehead atoms. The Hall–Kier alpha value is -2.81. The molecule has 4 rings (SSSR count). The minimum absolute atomic E-state index is 0.0780. The van der Waals surface area contributed by atoms with Gasteiger partial charge in [-0.2, -0.15) is 9.57 Å². The zero-order valence-electron chi connectivity index (χ0n) is 19.7. The Labute approximate surface area is 206 Å². The molecule has 2 aliphatic rings. The summed E-state index contributed by atoms with van der Waals surface area (Å²) in [5.41, 5.74) is 2.71. The highest BCUT2D eigenvalue weighted by Crippen LogP contribution is 2.18. The zero-order valence-corrected chi connectivity index (χ0v) is 20.5. The molecule has 0 saturated carbocycles. The van der Waals surface area contributed by atoms with E-state index in [-0.39, 0.29) is 17.3 Å². The van der Waals surface area contributed by atoms with Gasteiger partial charge in [0.2, 0.25) is 15.9 Å². The minimum Gasteiger partial charge on any atom is -0.379 e. The molecule has 0 unspecified atom stereocenters. The number of piperazine rings is 1. The van der Waals surface area contributed by atoms with E-state index in [2.05, 4.69) is 22.3 Å². The van der Waals surface area contributed by atoms with Gasteiger partial charge >= 0.3 is 0 Å². The molecule has 0 spiro atoms. The highest BCUT2D eigenvalue weighted by Gasteiger charge is 2.29. The topological polar surface area (TPSA) is 106 Å². The Morgan fingerprint density at radius 2 is 1.51 bits per heavy atom. The molecule has 0 aromatic heterocycles. The summed E-state index contributed by atoms with van der Waals surface area (Å²) in [5.74, 6) is -0.0780. The summed E-state index contributed by atoms with van der Waals surface area (Å²) >= 11 is 0. The molecule has 2 fully saturated rings. The van der Waals surface area contributed by atoms with Crippen molar-refractivity contribution >= 4 is 15.9 Å². The number of morpholine rings is 1. The first-order valence-corrected chi connectivity index (χ1v) is 13.3. The van der Waals surface area contributed by atoms with Gasteiger partial charge in [-0.05, 0) is 35.4 Å². The summed E-state index contributed by atoms with van der Waals surface area (Å²) in [6, 6.07) is 16.2. The standard InChI is InChI=1S/C25H31N5O4S/c26-17-21-5-7-24(8-6-21)35(32,33)30-11-9-28(10-12-30)20-25(31)27-18-22-1-3-23(4-2-22)19-29-13-15-34-16-14-29/h1-8H,9-16,18-20H2,(H,27,31). The molecule has 2 saturated heterocycles. The molecule has 186 valence electrons. The van der Waals surface area contributed by atoms with Crippen LogP contribution in [0.2, 0.25) is 0 Å². The van der Waals surface area contributed by atoms with Crippen molar-refractivity contribution in [1.29, 1.82) is 5.26 Å². The fourth-order valence-electron chi connectivity index (χ4n) is 4.22. The number of hydrogen-bond acceptors (Lipinski definition) is 7. The molecule has 2 aromatic rings. The van der Waals surface area contributed by atoms with Crippen molar-refractivity contribution < 1.29 is 17.9 Å². The van der Waals surface area contributed by atoms with Crippen LogP contribution in [0.3, 0.4) is 0 Å². The number of sulfonamides is 1. The molecular formula is C25H31N5O4S. The first kappa shape index (κ1) is 25.3. The molecule has 0 aliphatic carbocycles. The number of nitrogens with one attached hydrogen (secondary N) is 1. The van der Waals surface area contributed by atoms with E-state index in [4.69, 9.17) is 10.00 Å². The maximum atomic E-state index is 12.8. The lowest BCUT2D eigenvalue weighted by atomic mass is 10.1. The summed E-state index contributed by atoms with van der Waals surface area (Å²) in [5, 5.41) is 11.9.